The Hall–Kier alpha value is -1.47. The second-order valence-electron chi connectivity index (χ2n) is 5.94. The van der Waals surface area contributed by atoms with Gasteiger partial charge in [0.25, 0.3) is 0 Å². The largest absolute Gasteiger partial charge is 0.573 e. The van der Waals surface area contributed by atoms with Gasteiger partial charge in [0, 0.05) is 41.8 Å². The Morgan fingerprint density at radius 1 is 0.962 bits per heavy atom. The molecule has 0 spiro atoms. The molecule has 0 aliphatic carbocycles. The minimum Gasteiger partial charge on any atom is -0.406 e. The lowest BCUT2D eigenvalue weighted by Gasteiger charge is -2.36. The number of halogens is 5. The van der Waals surface area contributed by atoms with Crippen molar-refractivity contribution in [1.29, 1.82) is 0 Å². The maximum atomic E-state index is 12.4. The van der Waals surface area contributed by atoms with Crippen molar-refractivity contribution in [2.45, 2.75) is 12.4 Å². The number of nitrogens with one attached hydrogen (secondary N) is 1. The molecule has 1 aliphatic rings. The number of alkyl halides is 3. The van der Waals surface area contributed by atoms with Gasteiger partial charge in [-0.2, -0.15) is 0 Å². The zero-order chi connectivity index (χ0) is 18.7. The zero-order valence-electron chi connectivity index (χ0n) is 13.7. The molecule has 8 heteroatoms. The monoisotopic (exact) mass is 404 g/mol. The molecule has 1 aliphatic heterocycles. The summed E-state index contributed by atoms with van der Waals surface area (Å²) in [6.45, 7) is 3.17. The fraction of sp³-hybridized carbons (Fsp3) is 0.333. The molecule has 3 nitrogen and oxygen atoms in total. The lowest BCUT2D eigenvalue weighted by atomic mass is 9.96. The molecule has 1 heterocycles. The summed E-state index contributed by atoms with van der Waals surface area (Å²) < 4.78 is 41.1. The van der Waals surface area contributed by atoms with E-state index in [1.54, 1.807) is 30.3 Å². The zero-order valence-corrected chi connectivity index (χ0v) is 15.2. The van der Waals surface area contributed by atoms with Gasteiger partial charge in [-0.25, -0.2) is 0 Å². The number of piperazine rings is 1. The molecule has 26 heavy (non-hydrogen) atoms. The fourth-order valence-electron chi connectivity index (χ4n) is 3.12. The van der Waals surface area contributed by atoms with Gasteiger partial charge in [-0.15, -0.1) is 13.2 Å². The number of rotatable bonds is 4. The first-order valence-electron chi connectivity index (χ1n) is 8.09. The van der Waals surface area contributed by atoms with E-state index in [1.807, 2.05) is 0 Å². The molecule has 0 amide bonds. The lowest BCUT2D eigenvalue weighted by Crippen LogP contribution is -2.45. The fourth-order valence-corrected chi connectivity index (χ4v) is 3.73. The summed E-state index contributed by atoms with van der Waals surface area (Å²) in [5, 5.41) is 4.33. The summed E-state index contributed by atoms with van der Waals surface area (Å²) in [6.07, 6.45) is -4.72. The molecule has 1 saturated heterocycles. The van der Waals surface area contributed by atoms with E-state index in [9.17, 15) is 13.2 Å². The van der Waals surface area contributed by atoms with E-state index in [2.05, 4.69) is 15.0 Å². The Balaban J connectivity index is 1.98. The lowest BCUT2D eigenvalue weighted by molar-refractivity contribution is -0.274. The van der Waals surface area contributed by atoms with Crippen LogP contribution in [0.3, 0.4) is 0 Å². The molecular weight excluding hydrogens is 388 g/mol. The quantitative estimate of drug-likeness (QED) is 0.785. The van der Waals surface area contributed by atoms with Gasteiger partial charge in [0.15, 0.2) is 0 Å². The Bertz CT molecular complexity index is 727. The van der Waals surface area contributed by atoms with Crippen LogP contribution in [-0.4, -0.2) is 37.4 Å². The molecule has 2 aromatic rings. The summed E-state index contributed by atoms with van der Waals surface area (Å²) in [5.41, 5.74) is 1.55. The highest BCUT2D eigenvalue weighted by atomic mass is 35.5. The maximum absolute atomic E-state index is 12.4. The van der Waals surface area contributed by atoms with Gasteiger partial charge in [-0.05, 0) is 29.8 Å². The molecule has 2 aromatic carbocycles. The van der Waals surface area contributed by atoms with Crippen LogP contribution >= 0.6 is 23.2 Å². The number of benzene rings is 2. The molecule has 1 atom stereocenters. The number of hydrogen-bond acceptors (Lipinski definition) is 3. The van der Waals surface area contributed by atoms with Crippen molar-refractivity contribution in [2.24, 2.45) is 0 Å². The van der Waals surface area contributed by atoms with E-state index >= 15 is 0 Å². The van der Waals surface area contributed by atoms with Gasteiger partial charge in [0.2, 0.25) is 0 Å². The first-order valence-corrected chi connectivity index (χ1v) is 8.85. The van der Waals surface area contributed by atoms with Crippen LogP contribution in [0, 0.1) is 0 Å². The summed E-state index contributed by atoms with van der Waals surface area (Å²) in [6, 6.07) is 10.9. The normalized spacial score (nSPS) is 17.1. The minimum absolute atomic E-state index is 0.252. The Kier molecular flexibility index (Phi) is 5.97. The molecule has 140 valence electrons. The molecule has 0 bridgehead atoms. The molecular formula is C18H17Cl2F3N2O. The van der Waals surface area contributed by atoms with Gasteiger partial charge in [-0.1, -0.05) is 41.4 Å². The summed E-state index contributed by atoms with van der Waals surface area (Å²) in [7, 11) is 0. The standard InChI is InChI=1S/C18H17Cl2F3N2O/c19-14-2-1-3-15(20)16(14)17(25-10-8-24-9-11-25)12-4-6-13(7-5-12)26-18(21,22)23/h1-7,17,24H,8-11H2/t17-/m0/s1. The van der Waals surface area contributed by atoms with Crippen molar-refractivity contribution in [3.05, 3.63) is 63.6 Å². The molecule has 0 radical (unpaired) electrons. The Morgan fingerprint density at radius 2 is 1.54 bits per heavy atom. The highest BCUT2D eigenvalue weighted by Crippen LogP contribution is 2.38. The molecule has 1 fully saturated rings. The molecule has 0 saturated carbocycles. The Morgan fingerprint density at radius 3 is 2.08 bits per heavy atom. The van der Waals surface area contributed by atoms with Gasteiger partial charge >= 0.3 is 6.36 Å². The van der Waals surface area contributed by atoms with Gasteiger partial charge in [-0.3, -0.25) is 4.90 Å². The van der Waals surface area contributed by atoms with Crippen molar-refractivity contribution >= 4 is 23.2 Å². The smallest absolute Gasteiger partial charge is 0.406 e. The van der Waals surface area contributed by atoms with Crippen LogP contribution < -0.4 is 10.1 Å². The van der Waals surface area contributed by atoms with Crippen molar-refractivity contribution < 1.29 is 17.9 Å². The Labute approximate surface area is 159 Å². The number of ether oxygens (including phenoxy) is 1. The van der Waals surface area contributed by atoms with E-state index < -0.39 is 6.36 Å². The minimum atomic E-state index is -4.72. The van der Waals surface area contributed by atoms with Crippen LogP contribution in [0.25, 0.3) is 0 Å². The van der Waals surface area contributed by atoms with E-state index in [0.29, 0.717) is 10.0 Å². The van der Waals surface area contributed by atoms with E-state index in [1.165, 1.54) is 12.1 Å². The average molecular weight is 405 g/mol. The second-order valence-corrected chi connectivity index (χ2v) is 6.76. The van der Waals surface area contributed by atoms with Crippen LogP contribution in [-0.2, 0) is 0 Å². The molecule has 0 aromatic heterocycles. The molecule has 3 rings (SSSR count). The van der Waals surface area contributed by atoms with Crippen molar-refractivity contribution in [3.63, 3.8) is 0 Å². The second kappa shape index (κ2) is 8.05. The number of hydrogen-bond donors (Lipinski definition) is 1. The predicted octanol–water partition coefficient (Wildman–Crippen LogP) is 4.89. The van der Waals surface area contributed by atoms with Gasteiger partial charge in [0.05, 0.1) is 6.04 Å². The first kappa shape index (κ1) is 19.3. The summed E-state index contributed by atoms with van der Waals surface area (Å²) in [4.78, 5) is 2.21. The SMILES string of the molecule is FC(F)(F)Oc1ccc([C@@H](c2c(Cl)cccc2Cl)N2CCNCC2)cc1. The van der Waals surface area contributed by atoms with Crippen molar-refractivity contribution in [2.75, 3.05) is 26.2 Å². The van der Waals surface area contributed by atoms with Crippen LogP contribution in [0.4, 0.5) is 13.2 Å². The highest BCUT2D eigenvalue weighted by molar-refractivity contribution is 6.36. The third-order valence-corrected chi connectivity index (χ3v) is 4.88. The van der Waals surface area contributed by atoms with Crippen LogP contribution in [0.15, 0.2) is 42.5 Å². The highest BCUT2D eigenvalue weighted by Gasteiger charge is 2.32. The van der Waals surface area contributed by atoms with Crippen LogP contribution in [0.5, 0.6) is 5.75 Å². The number of nitrogens with zero attached hydrogens (tertiary/aromatic N) is 1. The maximum Gasteiger partial charge on any atom is 0.573 e. The summed E-state index contributed by atoms with van der Waals surface area (Å²) in [5.74, 6) is -0.259. The van der Waals surface area contributed by atoms with Crippen molar-refractivity contribution in [3.8, 4) is 5.75 Å². The first-order chi connectivity index (χ1) is 12.3. The van der Waals surface area contributed by atoms with E-state index in [-0.39, 0.29) is 11.8 Å². The van der Waals surface area contributed by atoms with E-state index in [4.69, 9.17) is 23.2 Å². The van der Waals surface area contributed by atoms with E-state index in [0.717, 1.165) is 37.3 Å². The predicted molar refractivity (Wildman–Crippen MR) is 95.9 cm³/mol. The van der Waals surface area contributed by atoms with Crippen molar-refractivity contribution in [1.82, 2.24) is 10.2 Å². The molecule has 0 unspecified atom stereocenters. The van der Waals surface area contributed by atoms with Gasteiger partial charge in [0.1, 0.15) is 5.75 Å². The van der Waals surface area contributed by atoms with Crippen LogP contribution in [0.1, 0.15) is 17.2 Å². The third kappa shape index (κ3) is 4.62. The van der Waals surface area contributed by atoms with Crippen LogP contribution in [0.2, 0.25) is 10.0 Å². The van der Waals surface area contributed by atoms with Gasteiger partial charge < -0.3 is 10.1 Å². The molecule has 1 N–H and O–H groups in total. The average Bonchev–Trinajstić information content (AvgIpc) is 2.59. The topological polar surface area (TPSA) is 24.5 Å². The summed E-state index contributed by atoms with van der Waals surface area (Å²) >= 11 is 12.8. The third-order valence-electron chi connectivity index (χ3n) is 4.22.